The molecule has 0 aromatic heterocycles. The summed E-state index contributed by atoms with van der Waals surface area (Å²) in [4.78, 5) is 23.6. The van der Waals surface area contributed by atoms with Gasteiger partial charge in [0.1, 0.15) is 6.54 Å². The molecule has 1 atom stereocenters. The van der Waals surface area contributed by atoms with Crippen LogP contribution in [0.3, 0.4) is 0 Å². The van der Waals surface area contributed by atoms with Crippen LogP contribution < -0.4 is 10.6 Å². The van der Waals surface area contributed by atoms with Crippen molar-refractivity contribution in [2.45, 2.75) is 18.3 Å². The topological polar surface area (TPSA) is 58.2 Å². The fraction of sp³-hybridized carbons (Fsp3) is 0.238. The summed E-state index contributed by atoms with van der Waals surface area (Å²) < 4.78 is 77.5. The van der Waals surface area contributed by atoms with Crippen molar-refractivity contribution in [3.05, 3.63) is 72.6 Å². The van der Waals surface area contributed by atoms with Gasteiger partial charge in [0.05, 0.1) is 27.5 Å². The standard InChI is InChI=1S/C21H14BrCl3F6N2O2/c22-14-5-10(1-3-12(14)17(34)8-32-19(35)33-9-20(26,27)28)2-4-13(21(29,30)31)11-6-15(23)18(25)16(24)7-11/h1-7,13H,8-9H2,(H2,32,33,35)/b4-2+. The molecule has 2 rings (SSSR count). The SMILES string of the molecule is O=C(NCC(=O)c1ccc(/C=C/C(c2cc(Cl)c(Cl)c(Cl)c2)C(F)(F)F)cc1Br)NCC(F)(F)F. The molecule has 0 saturated heterocycles. The van der Waals surface area contributed by atoms with E-state index in [0.717, 1.165) is 18.2 Å². The largest absolute Gasteiger partial charge is 0.405 e. The lowest BCUT2D eigenvalue weighted by molar-refractivity contribution is -0.139. The number of hydrogen-bond acceptors (Lipinski definition) is 2. The number of halogens is 10. The highest BCUT2D eigenvalue weighted by atomic mass is 79.9. The van der Waals surface area contributed by atoms with E-state index in [2.05, 4.69) is 15.9 Å². The molecule has 0 spiro atoms. The van der Waals surface area contributed by atoms with Crippen molar-refractivity contribution in [1.29, 1.82) is 0 Å². The number of Topliss-reactive ketones (excluding diaryl/α,β-unsaturated/α-hetero) is 1. The minimum absolute atomic E-state index is 0.0573. The maximum atomic E-state index is 13.7. The van der Waals surface area contributed by atoms with E-state index < -0.39 is 43.2 Å². The highest BCUT2D eigenvalue weighted by molar-refractivity contribution is 9.10. The molecule has 35 heavy (non-hydrogen) atoms. The first-order valence-corrected chi connectivity index (χ1v) is 11.3. The third kappa shape index (κ3) is 8.89. The van der Waals surface area contributed by atoms with Gasteiger partial charge in [-0.1, -0.05) is 69.0 Å². The number of amides is 2. The van der Waals surface area contributed by atoms with Crippen molar-refractivity contribution in [1.82, 2.24) is 10.6 Å². The molecule has 0 bridgehead atoms. The number of carbonyl (C=O) groups is 2. The summed E-state index contributed by atoms with van der Waals surface area (Å²) in [6.07, 6.45) is -7.23. The van der Waals surface area contributed by atoms with Crippen LogP contribution >= 0.6 is 50.7 Å². The third-order valence-electron chi connectivity index (χ3n) is 4.35. The van der Waals surface area contributed by atoms with E-state index in [9.17, 15) is 35.9 Å². The Kier molecular flexibility index (Phi) is 9.92. The minimum atomic E-state index is -4.68. The van der Waals surface area contributed by atoms with Crippen LogP contribution in [0.4, 0.5) is 31.1 Å². The van der Waals surface area contributed by atoms with E-state index in [-0.39, 0.29) is 30.7 Å². The van der Waals surface area contributed by atoms with Crippen LogP contribution in [0.15, 0.2) is 40.9 Å². The van der Waals surface area contributed by atoms with Gasteiger partial charge in [-0.25, -0.2) is 4.79 Å². The van der Waals surface area contributed by atoms with Crippen LogP contribution in [0.25, 0.3) is 6.08 Å². The second kappa shape index (κ2) is 11.9. The maximum absolute atomic E-state index is 13.7. The second-order valence-corrected chi connectivity index (χ2v) is 9.04. The van der Waals surface area contributed by atoms with Crippen LogP contribution in [-0.4, -0.2) is 37.3 Å². The zero-order valence-corrected chi connectivity index (χ0v) is 21.0. The summed E-state index contributed by atoms with van der Waals surface area (Å²) in [6.45, 7) is -2.17. The molecule has 14 heteroatoms. The number of alkyl halides is 6. The summed E-state index contributed by atoms with van der Waals surface area (Å²) >= 11 is 20.6. The van der Waals surface area contributed by atoms with Gasteiger partial charge in [-0.2, -0.15) is 26.3 Å². The van der Waals surface area contributed by atoms with E-state index >= 15 is 0 Å². The molecule has 2 aromatic rings. The molecule has 0 radical (unpaired) electrons. The fourth-order valence-electron chi connectivity index (χ4n) is 2.73. The molecular formula is C21H14BrCl3F6N2O2. The van der Waals surface area contributed by atoms with E-state index in [1.165, 1.54) is 24.3 Å². The first-order chi connectivity index (χ1) is 16.1. The van der Waals surface area contributed by atoms with Crippen LogP contribution in [0.1, 0.15) is 27.4 Å². The van der Waals surface area contributed by atoms with E-state index in [1.807, 2.05) is 5.32 Å². The highest BCUT2D eigenvalue weighted by Gasteiger charge is 2.39. The summed E-state index contributed by atoms with van der Waals surface area (Å²) in [5.41, 5.74) is 0.125. The number of rotatable bonds is 7. The van der Waals surface area contributed by atoms with Crippen molar-refractivity contribution in [2.75, 3.05) is 13.1 Å². The van der Waals surface area contributed by atoms with Gasteiger partial charge in [0.2, 0.25) is 0 Å². The van der Waals surface area contributed by atoms with Crippen molar-refractivity contribution >= 4 is 68.6 Å². The van der Waals surface area contributed by atoms with Gasteiger partial charge in [-0.05, 0) is 35.4 Å². The Balaban J connectivity index is 2.15. The Labute approximate surface area is 218 Å². The molecule has 0 aliphatic rings. The van der Waals surface area contributed by atoms with Crippen LogP contribution in [0.5, 0.6) is 0 Å². The normalized spacial score (nSPS) is 13.1. The van der Waals surface area contributed by atoms with Gasteiger partial charge in [0.25, 0.3) is 0 Å². The highest BCUT2D eigenvalue weighted by Crippen LogP contribution is 2.41. The van der Waals surface area contributed by atoms with Gasteiger partial charge in [0.15, 0.2) is 5.78 Å². The molecule has 1 unspecified atom stereocenters. The number of benzene rings is 2. The van der Waals surface area contributed by atoms with Crippen LogP contribution in [-0.2, 0) is 0 Å². The summed E-state index contributed by atoms with van der Waals surface area (Å²) in [5.74, 6) is -2.71. The molecule has 4 nitrogen and oxygen atoms in total. The Morgan fingerprint density at radius 1 is 0.971 bits per heavy atom. The van der Waals surface area contributed by atoms with Gasteiger partial charge in [-0.3, -0.25) is 4.79 Å². The molecule has 0 heterocycles. The number of urea groups is 1. The van der Waals surface area contributed by atoms with Crippen molar-refractivity contribution < 1.29 is 35.9 Å². The molecule has 2 aromatic carbocycles. The molecule has 0 saturated carbocycles. The predicted octanol–water partition coefficient (Wildman–Crippen LogP) is 7.81. The molecule has 2 N–H and O–H groups in total. The molecule has 0 aliphatic carbocycles. The smallest absolute Gasteiger partial charge is 0.331 e. The Bertz CT molecular complexity index is 1120. The lowest BCUT2D eigenvalue weighted by Crippen LogP contribution is -2.42. The zero-order valence-electron chi connectivity index (χ0n) is 17.1. The third-order valence-corrected chi connectivity index (χ3v) is 6.20. The summed E-state index contributed by atoms with van der Waals surface area (Å²) in [6, 6.07) is 4.95. The van der Waals surface area contributed by atoms with Crippen molar-refractivity contribution in [2.24, 2.45) is 0 Å². The van der Waals surface area contributed by atoms with Crippen LogP contribution in [0, 0.1) is 0 Å². The van der Waals surface area contributed by atoms with Gasteiger partial charge in [0, 0.05) is 10.0 Å². The van der Waals surface area contributed by atoms with Crippen molar-refractivity contribution in [3.8, 4) is 0 Å². The maximum Gasteiger partial charge on any atom is 0.405 e. The quantitative estimate of drug-likeness (QED) is 0.187. The Hall–Kier alpha value is -1.95. The first-order valence-electron chi connectivity index (χ1n) is 9.39. The predicted molar refractivity (Wildman–Crippen MR) is 125 cm³/mol. The summed E-state index contributed by atoms with van der Waals surface area (Å²) in [7, 11) is 0. The Morgan fingerprint density at radius 3 is 2.09 bits per heavy atom. The number of nitrogens with one attached hydrogen (secondary N) is 2. The first kappa shape index (κ1) is 29.3. The average Bonchev–Trinajstić information content (AvgIpc) is 2.73. The molecule has 0 fully saturated rings. The Morgan fingerprint density at radius 2 is 1.57 bits per heavy atom. The van der Waals surface area contributed by atoms with Crippen molar-refractivity contribution in [3.63, 3.8) is 0 Å². The minimum Gasteiger partial charge on any atom is -0.331 e. The number of carbonyl (C=O) groups excluding carboxylic acids is 2. The van der Waals surface area contributed by atoms with Gasteiger partial charge >= 0.3 is 18.4 Å². The van der Waals surface area contributed by atoms with E-state index in [4.69, 9.17) is 34.8 Å². The molecule has 2 amide bonds. The number of ketones is 1. The fourth-order valence-corrected chi connectivity index (χ4v) is 3.96. The van der Waals surface area contributed by atoms with Crippen LogP contribution in [0.2, 0.25) is 15.1 Å². The van der Waals surface area contributed by atoms with E-state index in [0.29, 0.717) is 5.56 Å². The summed E-state index contributed by atoms with van der Waals surface area (Å²) in [5, 5.41) is 3.20. The average molecular weight is 627 g/mol. The number of hydrogen-bond donors (Lipinski definition) is 2. The van der Waals surface area contributed by atoms with Gasteiger partial charge < -0.3 is 10.6 Å². The van der Waals surface area contributed by atoms with E-state index in [1.54, 1.807) is 5.32 Å². The zero-order chi connectivity index (χ0) is 26.6. The number of allylic oxidation sites excluding steroid dienone is 1. The second-order valence-electron chi connectivity index (χ2n) is 6.99. The lowest BCUT2D eigenvalue weighted by Gasteiger charge is -2.18. The molecular weight excluding hydrogens is 612 g/mol. The molecule has 190 valence electrons. The monoisotopic (exact) mass is 624 g/mol. The molecule has 0 aliphatic heterocycles. The van der Waals surface area contributed by atoms with Gasteiger partial charge in [-0.15, -0.1) is 0 Å². The lowest BCUT2D eigenvalue weighted by atomic mass is 9.97.